The minimum atomic E-state index is -0.123. The standard InChI is InChI=1S/C52H53N/c1-50(2,3)44-23-16-24-45-49(44)41-29-27-38(33-47(41)52(45,6)7)53(37-26-28-40-39-21-14-15-22-43(39)51(4,5)46(40)32-37)48-30-25-36(34-17-10-8-11-18-34)31-42(48)35-19-12-9-13-20-35/h9,12-16,19-34H,8,10-11,17-18H2,1-7H3. The molecule has 1 fully saturated rings. The van der Waals surface area contributed by atoms with Gasteiger partial charge in [-0.25, -0.2) is 0 Å². The van der Waals surface area contributed by atoms with Crippen LogP contribution in [0.15, 0.2) is 127 Å². The van der Waals surface area contributed by atoms with Gasteiger partial charge in [0, 0.05) is 27.8 Å². The predicted octanol–water partition coefficient (Wildman–Crippen LogP) is 14.8. The lowest BCUT2D eigenvalue weighted by molar-refractivity contribution is 0.444. The molecule has 266 valence electrons. The molecule has 0 atom stereocenters. The number of anilines is 3. The molecular weight excluding hydrogens is 639 g/mol. The van der Waals surface area contributed by atoms with E-state index >= 15 is 0 Å². The van der Waals surface area contributed by atoms with Crippen LogP contribution in [-0.4, -0.2) is 0 Å². The molecule has 0 heterocycles. The van der Waals surface area contributed by atoms with Crippen molar-refractivity contribution < 1.29 is 0 Å². The number of hydrogen-bond donors (Lipinski definition) is 0. The van der Waals surface area contributed by atoms with Gasteiger partial charge in [0.05, 0.1) is 5.69 Å². The van der Waals surface area contributed by atoms with Crippen LogP contribution in [0.25, 0.3) is 33.4 Å². The fourth-order valence-electron chi connectivity index (χ4n) is 10.1. The van der Waals surface area contributed by atoms with E-state index in [1.165, 1.54) is 116 Å². The summed E-state index contributed by atoms with van der Waals surface area (Å²) in [4.78, 5) is 2.57. The Morgan fingerprint density at radius 3 is 1.83 bits per heavy atom. The van der Waals surface area contributed by atoms with Crippen LogP contribution in [0.4, 0.5) is 17.1 Å². The third-order valence-electron chi connectivity index (χ3n) is 13.0. The molecule has 6 aromatic rings. The summed E-state index contributed by atoms with van der Waals surface area (Å²) in [6.45, 7) is 16.7. The molecule has 3 aliphatic carbocycles. The Balaban J connectivity index is 1.28. The second-order valence-electron chi connectivity index (χ2n) is 18.0. The van der Waals surface area contributed by atoms with E-state index in [1.54, 1.807) is 0 Å². The van der Waals surface area contributed by atoms with E-state index in [4.69, 9.17) is 0 Å². The number of hydrogen-bond acceptors (Lipinski definition) is 1. The Bertz CT molecular complexity index is 2360. The van der Waals surface area contributed by atoms with Gasteiger partial charge in [0.15, 0.2) is 0 Å². The fourth-order valence-corrected chi connectivity index (χ4v) is 10.1. The molecule has 0 bridgehead atoms. The topological polar surface area (TPSA) is 3.24 Å². The van der Waals surface area contributed by atoms with Gasteiger partial charge in [0.2, 0.25) is 0 Å². The van der Waals surface area contributed by atoms with Gasteiger partial charge in [-0.1, -0.05) is 159 Å². The molecule has 9 rings (SSSR count). The Kier molecular flexibility index (Phi) is 7.90. The first-order valence-corrected chi connectivity index (χ1v) is 20.0. The summed E-state index contributed by atoms with van der Waals surface area (Å²) in [6.07, 6.45) is 6.60. The Morgan fingerprint density at radius 2 is 1.11 bits per heavy atom. The summed E-state index contributed by atoms with van der Waals surface area (Å²) in [7, 11) is 0. The van der Waals surface area contributed by atoms with Crippen LogP contribution < -0.4 is 4.90 Å². The number of nitrogens with zero attached hydrogens (tertiary/aromatic N) is 1. The highest BCUT2D eigenvalue weighted by Gasteiger charge is 2.40. The zero-order valence-electron chi connectivity index (χ0n) is 32.7. The van der Waals surface area contributed by atoms with Crippen molar-refractivity contribution in [1.29, 1.82) is 0 Å². The minimum absolute atomic E-state index is 0.0488. The first-order valence-electron chi connectivity index (χ1n) is 20.0. The summed E-state index contributed by atoms with van der Waals surface area (Å²) in [5, 5.41) is 0. The van der Waals surface area contributed by atoms with Crippen LogP contribution in [0, 0.1) is 0 Å². The van der Waals surface area contributed by atoms with Gasteiger partial charge in [-0.15, -0.1) is 0 Å². The molecule has 53 heavy (non-hydrogen) atoms. The molecule has 3 aliphatic rings. The Hall–Kier alpha value is -4.88. The maximum atomic E-state index is 2.57. The third kappa shape index (κ3) is 5.41. The maximum absolute atomic E-state index is 2.57. The molecule has 1 nitrogen and oxygen atoms in total. The second kappa shape index (κ2) is 12.3. The van der Waals surface area contributed by atoms with Gasteiger partial charge in [0.25, 0.3) is 0 Å². The normalized spacial score (nSPS) is 16.8. The SMILES string of the molecule is CC(C)(C)c1cccc2c1-c1ccc(N(c3ccc4c(c3)C(C)(C)c3ccccc3-4)c3ccc(C4CCCCC4)cc3-c3ccccc3)cc1C2(C)C. The van der Waals surface area contributed by atoms with Crippen LogP contribution in [0.3, 0.4) is 0 Å². The van der Waals surface area contributed by atoms with E-state index in [0.717, 1.165) is 0 Å². The third-order valence-corrected chi connectivity index (χ3v) is 13.0. The lowest BCUT2D eigenvalue weighted by atomic mass is 9.79. The van der Waals surface area contributed by atoms with E-state index in [9.17, 15) is 0 Å². The summed E-state index contributed by atoms with van der Waals surface area (Å²) in [6, 6.07) is 49.0. The second-order valence-corrected chi connectivity index (χ2v) is 18.0. The van der Waals surface area contributed by atoms with E-state index in [2.05, 4.69) is 181 Å². The van der Waals surface area contributed by atoms with Crippen molar-refractivity contribution in [3.63, 3.8) is 0 Å². The quantitative estimate of drug-likeness (QED) is 0.174. The molecule has 0 radical (unpaired) electrons. The van der Waals surface area contributed by atoms with Gasteiger partial charge < -0.3 is 4.90 Å². The molecule has 0 spiro atoms. The van der Waals surface area contributed by atoms with Gasteiger partial charge in [-0.05, 0) is 122 Å². The van der Waals surface area contributed by atoms with Gasteiger partial charge >= 0.3 is 0 Å². The van der Waals surface area contributed by atoms with E-state index < -0.39 is 0 Å². The monoisotopic (exact) mass is 691 g/mol. The lowest BCUT2D eigenvalue weighted by Crippen LogP contribution is -2.18. The minimum Gasteiger partial charge on any atom is -0.310 e. The van der Waals surface area contributed by atoms with Gasteiger partial charge in [-0.2, -0.15) is 0 Å². The first-order chi connectivity index (χ1) is 25.4. The van der Waals surface area contributed by atoms with Crippen LogP contribution in [0.5, 0.6) is 0 Å². The summed E-state index contributed by atoms with van der Waals surface area (Å²) in [5.41, 5.74) is 20.1. The number of rotatable bonds is 5. The predicted molar refractivity (Wildman–Crippen MR) is 226 cm³/mol. The van der Waals surface area contributed by atoms with Crippen molar-refractivity contribution in [2.45, 2.75) is 103 Å². The van der Waals surface area contributed by atoms with Crippen LogP contribution in [0.2, 0.25) is 0 Å². The van der Waals surface area contributed by atoms with Crippen LogP contribution in [-0.2, 0) is 16.2 Å². The molecule has 6 aromatic carbocycles. The largest absolute Gasteiger partial charge is 0.310 e. The van der Waals surface area contributed by atoms with Crippen molar-refractivity contribution in [3.8, 4) is 33.4 Å². The summed E-state index contributed by atoms with van der Waals surface area (Å²) in [5.74, 6) is 0.629. The molecule has 0 amide bonds. The molecule has 0 saturated heterocycles. The summed E-state index contributed by atoms with van der Waals surface area (Å²) < 4.78 is 0. The van der Waals surface area contributed by atoms with Gasteiger partial charge in [-0.3, -0.25) is 0 Å². The maximum Gasteiger partial charge on any atom is 0.0540 e. The van der Waals surface area contributed by atoms with Gasteiger partial charge in [0.1, 0.15) is 0 Å². The van der Waals surface area contributed by atoms with Crippen molar-refractivity contribution in [1.82, 2.24) is 0 Å². The van der Waals surface area contributed by atoms with Crippen molar-refractivity contribution in [2.75, 3.05) is 4.90 Å². The zero-order chi connectivity index (χ0) is 36.7. The highest BCUT2D eigenvalue weighted by molar-refractivity contribution is 5.93. The molecular formula is C52H53N. The lowest BCUT2D eigenvalue weighted by Gasteiger charge is -2.32. The molecule has 1 heteroatoms. The van der Waals surface area contributed by atoms with Crippen molar-refractivity contribution in [2.24, 2.45) is 0 Å². The molecule has 0 aliphatic heterocycles. The average Bonchev–Trinajstić information content (AvgIpc) is 3.54. The van der Waals surface area contributed by atoms with Crippen molar-refractivity contribution >= 4 is 17.1 Å². The molecule has 0 N–H and O–H groups in total. The van der Waals surface area contributed by atoms with E-state index in [0.29, 0.717) is 5.92 Å². The fraction of sp³-hybridized carbons (Fsp3) is 0.308. The number of benzene rings is 6. The van der Waals surface area contributed by atoms with E-state index in [1.807, 2.05) is 0 Å². The zero-order valence-corrected chi connectivity index (χ0v) is 32.7. The first kappa shape index (κ1) is 33.9. The Morgan fingerprint density at radius 1 is 0.509 bits per heavy atom. The van der Waals surface area contributed by atoms with Crippen molar-refractivity contribution in [3.05, 3.63) is 161 Å². The number of fused-ring (bicyclic) bond motifs is 6. The smallest absolute Gasteiger partial charge is 0.0540 e. The van der Waals surface area contributed by atoms with Crippen LogP contribution in [0.1, 0.15) is 120 Å². The average molecular weight is 692 g/mol. The molecule has 0 unspecified atom stereocenters. The highest BCUT2D eigenvalue weighted by atomic mass is 15.1. The van der Waals surface area contributed by atoms with Crippen LogP contribution >= 0.6 is 0 Å². The summed E-state index contributed by atoms with van der Waals surface area (Å²) >= 11 is 0. The van der Waals surface area contributed by atoms with E-state index in [-0.39, 0.29) is 16.2 Å². The Labute approximate surface area is 317 Å². The molecule has 0 aromatic heterocycles. The molecule has 1 saturated carbocycles. The highest BCUT2D eigenvalue weighted by Crippen LogP contribution is 2.55.